The van der Waals surface area contributed by atoms with Crippen molar-refractivity contribution >= 4 is 34.4 Å². The number of nitrogens with zero attached hydrogens (tertiary/aromatic N) is 2. The van der Waals surface area contributed by atoms with Crippen LogP contribution in [-0.4, -0.2) is 39.1 Å². The predicted molar refractivity (Wildman–Crippen MR) is 132 cm³/mol. The zero-order valence-corrected chi connectivity index (χ0v) is 19.3. The third-order valence-corrected chi connectivity index (χ3v) is 5.86. The number of fused-ring (bicyclic) bond motifs is 1. The quantitative estimate of drug-likeness (QED) is 0.581. The van der Waals surface area contributed by atoms with Crippen LogP contribution in [-0.2, 0) is 9.59 Å². The fraction of sp³-hybridized carbons (Fsp3) is 0.185. The van der Waals surface area contributed by atoms with Crippen molar-refractivity contribution in [3.63, 3.8) is 0 Å². The summed E-state index contributed by atoms with van der Waals surface area (Å²) < 4.78 is 11.3. The highest BCUT2D eigenvalue weighted by Crippen LogP contribution is 2.37. The number of imide groups is 1. The lowest BCUT2D eigenvalue weighted by Crippen LogP contribution is -2.32. The van der Waals surface area contributed by atoms with Crippen molar-refractivity contribution in [3.05, 3.63) is 83.6 Å². The summed E-state index contributed by atoms with van der Waals surface area (Å²) in [6.45, 7) is 2.94. The van der Waals surface area contributed by atoms with Gasteiger partial charge in [-0.15, -0.1) is 0 Å². The van der Waals surface area contributed by atoms with Crippen LogP contribution >= 0.6 is 0 Å². The number of ether oxygens (including phenoxy) is 2. The van der Waals surface area contributed by atoms with Gasteiger partial charge in [0.05, 0.1) is 11.3 Å². The van der Waals surface area contributed by atoms with Gasteiger partial charge in [-0.25, -0.2) is 4.90 Å². The van der Waals surface area contributed by atoms with Gasteiger partial charge in [-0.05, 0) is 48.9 Å². The van der Waals surface area contributed by atoms with E-state index in [2.05, 4.69) is 5.32 Å². The first-order valence-electron chi connectivity index (χ1n) is 11.1. The smallest absolute Gasteiger partial charge is 0.282 e. The number of nitrogens with one attached hydrogen (secondary N) is 1. The molecule has 0 aromatic heterocycles. The highest BCUT2D eigenvalue weighted by atomic mass is 16.6. The standard InChI is InChI=1S/C27H25N3O4/c1-17-4-6-18(7-5-17)24-25(28-19-8-13-22-23(16-19)34-15-14-33-22)27(32)30(26(24)31)21-11-9-20(10-12-21)29(2)3/h4-13,16,28H,14-15H2,1-3H3. The number of hydrogen-bond acceptors (Lipinski definition) is 6. The van der Waals surface area contributed by atoms with Gasteiger partial charge in [-0.3, -0.25) is 9.59 Å². The molecule has 2 amide bonds. The van der Waals surface area contributed by atoms with E-state index in [1.165, 1.54) is 4.90 Å². The largest absolute Gasteiger partial charge is 0.486 e. The van der Waals surface area contributed by atoms with Gasteiger partial charge in [-0.1, -0.05) is 29.8 Å². The van der Waals surface area contributed by atoms with Crippen LogP contribution in [0.5, 0.6) is 11.5 Å². The highest BCUT2D eigenvalue weighted by molar-refractivity contribution is 6.46. The average molecular weight is 456 g/mol. The first-order chi connectivity index (χ1) is 16.4. The van der Waals surface area contributed by atoms with Gasteiger partial charge in [0.1, 0.15) is 18.9 Å². The summed E-state index contributed by atoms with van der Waals surface area (Å²) in [5.74, 6) is 0.474. The summed E-state index contributed by atoms with van der Waals surface area (Å²) in [7, 11) is 3.88. The van der Waals surface area contributed by atoms with Crippen molar-refractivity contribution in [1.82, 2.24) is 0 Å². The first kappa shape index (κ1) is 21.6. The Labute approximate surface area is 198 Å². The number of aryl methyl sites for hydroxylation is 1. The molecule has 7 heteroatoms. The Morgan fingerprint density at radius 1 is 0.824 bits per heavy atom. The minimum atomic E-state index is -0.409. The van der Waals surface area contributed by atoms with E-state index in [4.69, 9.17) is 9.47 Å². The van der Waals surface area contributed by atoms with E-state index >= 15 is 0 Å². The number of carbonyl (C=O) groups is 2. The molecule has 0 spiro atoms. The molecule has 1 N–H and O–H groups in total. The van der Waals surface area contributed by atoms with Crippen LogP contribution < -0.4 is 24.6 Å². The second-order valence-corrected chi connectivity index (χ2v) is 8.46. The zero-order valence-electron chi connectivity index (χ0n) is 19.3. The zero-order chi connectivity index (χ0) is 23.8. The van der Waals surface area contributed by atoms with E-state index in [0.29, 0.717) is 47.2 Å². The molecule has 0 saturated heterocycles. The van der Waals surface area contributed by atoms with Crippen LogP contribution in [0.3, 0.4) is 0 Å². The molecular formula is C27H25N3O4. The molecule has 0 radical (unpaired) electrons. The Kier molecular flexibility index (Phi) is 5.45. The molecule has 172 valence electrons. The monoisotopic (exact) mass is 455 g/mol. The van der Waals surface area contributed by atoms with Crippen molar-refractivity contribution in [2.75, 3.05) is 42.4 Å². The molecular weight excluding hydrogens is 430 g/mol. The molecule has 0 aliphatic carbocycles. The summed E-state index contributed by atoms with van der Waals surface area (Å²) >= 11 is 0. The Morgan fingerprint density at radius 2 is 1.50 bits per heavy atom. The summed E-state index contributed by atoms with van der Waals surface area (Å²) in [5.41, 5.74) is 4.43. The number of carbonyl (C=O) groups excluding carboxylic acids is 2. The minimum absolute atomic E-state index is 0.224. The average Bonchev–Trinajstić information content (AvgIpc) is 3.08. The van der Waals surface area contributed by atoms with E-state index in [9.17, 15) is 9.59 Å². The van der Waals surface area contributed by atoms with E-state index in [-0.39, 0.29) is 11.6 Å². The molecule has 0 unspecified atom stereocenters. The summed E-state index contributed by atoms with van der Waals surface area (Å²) in [4.78, 5) is 30.4. The number of rotatable bonds is 5. The van der Waals surface area contributed by atoms with Gasteiger partial charge in [-0.2, -0.15) is 0 Å². The Hall–Kier alpha value is -4.26. The van der Waals surface area contributed by atoms with Gasteiger partial charge >= 0.3 is 0 Å². The summed E-state index contributed by atoms with van der Waals surface area (Å²) in [6.07, 6.45) is 0. The third-order valence-electron chi connectivity index (χ3n) is 5.86. The molecule has 0 bridgehead atoms. The van der Waals surface area contributed by atoms with E-state index in [1.54, 1.807) is 30.3 Å². The fourth-order valence-electron chi connectivity index (χ4n) is 4.03. The molecule has 7 nitrogen and oxygen atoms in total. The normalized spacial score (nSPS) is 15.1. The van der Waals surface area contributed by atoms with Crippen LogP contribution in [0, 0.1) is 6.92 Å². The first-order valence-corrected chi connectivity index (χ1v) is 11.1. The number of anilines is 3. The van der Waals surface area contributed by atoms with Gasteiger partial charge in [0.15, 0.2) is 11.5 Å². The van der Waals surface area contributed by atoms with Crippen LogP contribution in [0.1, 0.15) is 11.1 Å². The molecule has 2 aliphatic heterocycles. The number of amides is 2. The SMILES string of the molecule is Cc1ccc(C2=C(Nc3ccc4c(c3)OCCO4)C(=O)N(c3ccc(N(C)C)cc3)C2=O)cc1. The molecule has 2 heterocycles. The van der Waals surface area contributed by atoms with Crippen molar-refractivity contribution in [1.29, 1.82) is 0 Å². The lowest BCUT2D eigenvalue weighted by Gasteiger charge is -2.19. The van der Waals surface area contributed by atoms with Crippen LogP contribution in [0.4, 0.5) is 17.1 Å². The second-order valence-electron chi connectivity index (χ2n) is 8.46. The van der Waals surface area contributed by atoms with Gasteiger partial charge in [0.2, 0.25) is 0 Å². The number of hydrogen-bond donors (Lipinski definition) is 1. The van der Waals surface area contributed by atoms with Crippen molar-refractivity contribution in [2.24, 2.45) is 0 Å². The predicted octanol–water partition coefficient (Wildman–Crippen LogP) is 4.23. The molecule has 3 aromatic rings. The fourth-order valence-corrected chi connectivity index (χ4v) is 4.03. The molecule has 34 heavy (non-hydrogen) atoms. The van der Waals surface area contributed by atoms with Crippen LogP contribution in [0.2, 0.25) is 0 Å². The summed E-state index contributed by atoms with van der Waals surface area (Å²) in [6, 6.07) is 20.3. The molecule has 0 atom stereocenters. The van der Waals surface area contributed by atoms with Crippen LogP contribution in [0.25, 0.3) is 5.57 Å². The second kappa shape index (κ2) is 8.59. The maximum absolute atomic E-state index is 13.6. The van der Waals surface area contributed by atoms with Crippen molar-refractivity contribution in [2.45, 2.75) is 6.92 Å². The highest BCUT2D eigenvalue weighted by Gasteiger charge is 2.40. The van der Waals surface area contributed by atoms with Crippen LogP contribution in [0.15, 0.2) is 72.4 Å². The van der Waals surface area contributed by atoms with Gasteiger partial charge in [0, 0.05) is 31.5 Å². The maximum Gasteiger partial charge on any atom is 0.282 e. The molecule has 5 rings (SSSR count). The molecule has 3 aromatic carbocycles. The van der Waals surface area contributed by atoms with E-state index in [1.807, 2.05) is 62.3 Å². The third kappa shape index (κ3) is 3.85. The molecule has 2 aliphatic rings. The lowest BCUT2D eigenvalue weighted by atomic mass is 10.0. The van der Waals surface area contributed by atoms with Gasteiger partial charge in [0.25, 0.3) is 11.8 Å². The Balaban J connectivity index is 1.55. The maximum atomic E-state index is 13.6. The topological polar surface area (TPSA) is 71.1 Å². The van der Waals surface area contributed by atoms with E-state index in [0.717, 1.165) is 11.3 Å². The lowest BCUT2D eigenvalue weighted by molar-refractivity contribution is -0.120. The summed E-state index contributed by atoms with van der Waals surface area (Å²) in [5, 5.41) is 3.19. The van der Waals surface area contributed by atoms with Gasteiger partial charge < -0.3 is 19.7 Å². The Bertz CT molecular complexity index is 1290. The van der Waals surface area contributed by atoms with E-state index < -0.39 is 5.91 Å². The number of benzene rings is 3. The Morgan fingerprint density at radius 3 is 2.18 bits per heavy atom. The van der Waals surface area contributed by atoms with Crippen molar-refractivity contribution in [3.8, 4) is 11.5 Å². The molecule has 0 saturated carbocycles. The van der Waals surface area contributed by atoms with Crippen molar-refractivity contribution < 1.29 is 19.1 Å². The molecule has 0 fully saturated rings. The minimum Gasteiger partial charge on any atom is -0.486 e.